The Bertz CT molecular complexity index is 623. The molecule has 0 amide bonds. The first-order chi connectivity index (χ1) is 9.43. The van der Waals surface area contributed by atoms with Crippen LogP contribution in [0.3, 0.4) is 0 Å². The van der Waals surface area contributed by atoms with E-state index >= 15 is 0 Å². The Morgan fingerprint density at radius 1 is 1.40 bits per heavy atom. The largest absolute Gasteiger partial charge is 0.379 e. The number of ether oxygens (including phenoxy) is 1. The lowest BCUT2D eigenvalue weighted by Crippen LogP contribution is -2.62. The normalized spacial score (nSPS) is 26.9. The van der Waals surface area contributed by atoms with E-state index in [0.29, 0.717) is 30.9 Å². The van der Waals surface area contributed by atoms with Crippen LogP contribution in [0.25, 0.3) is 0 Å². The summed E-state index contributed by atoms with van der Waals surface area (Å²) >= 11 is 0. The molecule has 1 aromatic carbocycles. The lowest BCUT2D eigenvalue weighted by molar-refractivity contribution is 0.0524. The Morgan fingerprint density at radius 3 is 2.75 bits per heavy atom. The van der Waals surface area contributed by atoms with Crippen LogP contribution in [0.15, 0.2) is 18.2 Å². The van der Waals surface area contributed by atoms with Gasteiger partial charge in [0.1, 0.15) is 5.82 Å². The predicted octanol–water partition coefficient (Wildman–Crippen LogP) is 1.83. The molecule has 110 valence electrons. The van der Waals surface area contributed by atoms with E-state index < -0.39 is 10.0 Å². The topological polar surface area (TPSA) is 46.6 Å². The van der Waals surface area contributed by atoms with Crippen LogP contribution in [0.2, 0.25) is 0 Å². The van der Waals surface area contributed by atoms with Gasteiger partial charge in [-0.3, -0.25) is 0 Å². The number of aryl methyl sites for hydroxylation is 1. The van der Waals surface area contributed by atoms with Gasteiger partial charge in [-0.25, -0.2) is 12.8 Å². The van der Waals surface area contributed by atoms with Crippen molar-refractivity contribution in [1.29, 1.82) is 0 Å². The van der Waals surface area contributed by atoms with Crippen molar-refractivity contribution in [2.24, 2.45) is 0 Å². The van der Waals surface area contributed by atoms with E-state index in [-0.39, 0.29) is 17.1 Å². The highest BCUT2D eigenvalue weighted by Gasteiger charge is 2.52. The summed E-state index contributed by atoms with van der Waals surface area (Å²) in [5, 5.41) is 0. The fourth-order valence-electron chi connectivity index (χ4n) is 2.96. The van der Waals surface area contributed by atoms with E-state index in [1.54, 1.807) is 23.4 Å². The van der Waals surface area contributed by atoms with Crippen LogP contribution in [-0.2, 0) is 20.5 Å². The van der Waals surface area contributed by atoms with Gasteiger partial charge in [0.2, 0.25) is 10.0 Å². The highest BCUT2D eigenvalue weighted by molar-refractivity contribution is 7.88. The Morgan fingerprint density at radius 2 is 2.20 bits per heavy atom. The highest BCUT2D eigenvalue weighted by atomic mass is 32.2. The minimum Gasteiger partial charge on any atom is -0.379 e. The summed E-state index contributed by atoms with van der Waals surface area (Å²) in [4.78, 5) is 0. The minimum atomic E-state index is -3.41. The van der Waals surface area contributed by atoms with Crippen LogP contribution in [0.5, 0.6) is 0 Å². The van der Waals surface area contributed by atoms with Gasteiger partial charge in [-0.1, -0.05) is 12.1 Å². The maximum absolute atomic E-state index is 13.5. The van der Waals surface area contributed by atoms with Crippen molar-refractivity contribution in [3.8, 4) is 0 Å². The number of halogens is 1. The molecule has 1 aromatic rings. The number of hydrogen-bond donors (Lipinski definition) is 0. The second-order valence-electron chi connectivity index (χ2n) is 5.69. The molecule has 4 nitrogen and oxygen atoms in total. The summed E-state index contributed by atoms with van der Waals surface area (Å²) in [5.41, 5.74) is 0.687. The lowest BCUT2D eigenvalue weighted by Gasteiger charge is -2.48. The van der Waals surface area contributed by atoms with Crippen LogP contribution >= 0.6 is 0 Å². The van der Waals surface area contributed by atoms with E-state index in [9.17, 15) is 12.8 Å². The Balaban J connectivity index is 1.80. The zero-order valence-corrected chi connectivity index (χ0v) is 12.2. The zero-order valence-electron chi connectivity index (χ0n) is 11.4. The number of hydrogen-bond acceptors (Lipinski definition) is 3. The third kappa shape index (κ3) is 2.25. The number of benzene rings is 1. The minimum absolute atomic E-state index is 0.147. The molecule has 1 unspecified atom stereocenters. The lowest BCUT2D eigenvalue weighted by atomic mass is 9.87. The maximum Gasteiger partial charge on any atom is 0.218 e. The first-order valence-electron chi connectivity index (χ1n) is 6.76. The fourth-order valence-corrected chi connectivity index (χ4v) is 4.91. The first-order valence-corrected chi connectivity index (χ1v) is 8.37. The van der Waals surface area contributed by atoms with Crippen molar-refractivity contribution in [3.63, 3.8) is 0 Å². The summed E-state index contributed by atoms with van der Waals surface area (Å²) in [7, 11) is -3.41. The molecule has 3 rings (SSSR count). The van der Waals surface area contributed by atoms with Gasteiger partial charge in [0.05, 0.1) is 17.9 Å². The van der Waals surface area contributed by atoms with Crippen molar-refractivity contribution < 1.29 is 17.5 Å². The quantitative estimate of drug-likeness (QED) is 0.855. The average Bonchev–Trinajstić information content (AvgIpc) is 2.83. The van der Waals surface area contributed by atoms with Gasteiger partial charge >= 0.3 is 0 Å². The van der Waals surface area contributed by atoms with Crippen molar-refractivity contribution in [2.45, 2.75) is 31.1 Å². The Labute approximate surface area is 118 Å². The second-order valence-corrected chi connectivity index (χ2v) is 7.58. The summed E-state index contributed by atoms with van der Waals surface area (Å²) in [5.74, 6) is -0.508. The van der Waals surface area contributed by atoms with Gasteiger partial charge in [-0.15, -0.1) is 0 Å². The Kier molecular flexibility index (Phi) is 3.35. The monoisotopic (exact) mass is 299 g/mol. The standard InChI is InChI=1S/C14H18FNO3S/c1-11-2-3-12(8-13(11)15)9-20(17,18)16-6-4-14(16)5-7-19-10-14/h2-3,8H,4-7,9-10H2,1H3. The molecule has 0 N–H and O–H groups in total. The molecule has 2 aliphatic heterocycles. The summed E-state index contributed by atoms with van der Waals surface area (Å²) in [6.45, 7) is 3.30. The number of sulfonamides is 1. The molecular weight excluding hydrogens is 281 g/mol. The molecule has 0 bridgehead atoms. The van der Waals surface area contributed by atoms with E-state index in [4.69, 9.17) is 4.74 Å². The van der Waals surface area contributed by atoms with Gasteiger partial charge < -0.3 is 4.74 Å². The smallest absolute Gasteiger partial charge is 0.218 e. The van der Waals surface area contributed by atoms with Crippen LogP contribution in [0.4, 0.5) is 4.39 Å². The molecule has 1 atom stereocenters. The summed E-state index contributed by atoms with van der Waals surface area (Å²) in [6.07, 6.45) is 1.61. The molecule has 6 heteroatoms. The third-order valence-corrected chi connectivity index (χ3v) is 6.25. The fraction of sp³-hybridized carbons (Fsp3) is 0.571. The van der Waals surface area contributed by atoms with Crippen LogP contribution < -0.4 is 0 Å². The molecule has 2 fully saturated rings. The van der Waals surface area contributed by atoms with Gasteiger partial charge in [-0.05, 0) is 37.0 Å². The van der Waals surface area contributed by atoms with Crippen LogP contribution in [0.1, 0.15) is 24.0 Å². The predicted molar refractivity (Wildman–Crippen MR) is 73.3 cm³/mol. The van der Waals surface area contributed by atoms with Gasteiger partial charge in [0, 0.05) is 13.2 Å². The number of nitrogens with zero attached hydrogens (tertiary/aromatic N) is 1. The average molecular weight is 299 g/mol. The number of rotatable bonds is 3. The SMILES string of the molecule is Cc1ccc(CS(=O)(=O)N2CCC23CCOC3)cc1F. The molecule has 2 aliphatic rings. The van der Waals surface area contributed by atoms with E-state index in [1.165, 1.54) is 6.07 Å². The molecule has 1 spiro atoms. The maximum atomic E-state index is 13.5. The molecule has 0 aliphatic carbocycles. The third-order valence-electron chi connectivity index (χ3n) is 4.31. The van der Waals surface area contributed by atoms with E-state index in [2.05, 4.69) is 0 Å². The summed E-state index contributed by atoms with van der Waals surface area (Å²) < 4.78 is 45.4. The van der Waals surface area contributed by atoms with E-state index in [1.807, 2.05) is 0 Å². The zero-order chi connectivity index (χ0) is 14.4. The van der Waals surface area contributed by atoms with Crippen molar-refractivity contribution in [2.75, 3.05) is 19.8 Å². The van der Waals surface area contributed by atoms with Gasteiger partial charge in [0.25, 0.3) is 0 Å². The van der Waals surface area contributed by atoms with Crippen molar-refractivity contribution >= 4 is 10.0 Å². The molecule has 2 saturated heterocycles. The Hall–Kier alpha value is -0.980. The first kappa shape index (κ1) is 14.0. The van der Waals surface area contributed by atoms with Gasteiger partial charge in [-0.2, -0.15) is 4.31 Å². The second kappa shape index (κ2) is 4.79. The van der Waals surface area contributed by atoms with Crippen LogP contribution in [0, 0.1) is 12.7 Å². The van der Waals surface area contributed by atoms with Crippen molar-refractivity contribution in [3.05, 3.63) is 35.1 Å². The highest BCUT2D eigenvalue weighted by Crippen LogP contribution is 2.40. The van der Waals surface area contributed by atoms with E-state index in [0.717, 1.165) is 12.8 Å². The molecular formula is C14H18FNO3S. The van der Waals surface area contributed by atoms with Crippen molar-refractivity contribution in [1.82, 2.24) is 4.31 Å². The molecule has 0 aromatic heterocycles. The molecule has 0 saturated carbocycles. The molecule has 0 radical (unpaired) electrons. The van der Waals surface area contributed by atoms with Crippen LogP contribution in [-0.4, -0.2) is 38.0 Å². The molecule has 2 heterocycles. The summed E-state index contributed by atoms with van der Waals surface area (Å²) in [6, 6.07) is 4.60. The van der Waals surface area contributed by atoms with Gasteiger partial charge in [0.15, 0.2) is 0 Å². The molecule has 20 heavy (non-hydrogen) atoms.